The molecule has 0 fully saturated rings. The molecule has 0 amide bonds. The maximum Gasteiger partial charge on any atom is 0.238 e. The minimum atomic E-state index is -2.65. The normalized spacial score (nSPS) is 13.6. The average Bonchev–Trinajstić information content (AvgIpc) is 1.58. The topological polar surface area (TPSA) is 69.7 Å². The van der Waals surface area contributed by atoms with Crippen LogP contribution in [0.1, 0.15) is 0 Å². The lowest BCUT2D eigenvalue weighted by molar-refractivity contribution is -0.119. The van der Waals surface area contributed by atoms with Crippen LogP contribution < -0.4 is 0 Å². The molecule has 10 heavy (non-hydrogen) atoms. The van der Waals surface area contributed by atoms with Crippen LogP contribution >= 0.6 is 11.6 Å². The fraction of sp³-hybridized carbons (Fsp3) is 0.667. The van der Waals surface area contributed by atoms with Gasteiger partial charge >= 0.3 is 0 Å². The van der Waals surface area contributed by atoms with Crippen LogP contribution in [-0.2, 0) is 20.4 Å². The maximum atomic E-state index is 10.1. The van der Waals surface area contributed by atoms with Crippen molar-refractivity contribution in [2.24, 2.45) is 0 Å². The van der Waals surface area contributed by atoms with E-state index in [1.807, 2.05) is 0 Å². The molecular formula is C3H5ClNO4S-. The summed E-state index contributed by atoms with van der Waals surface area (Å²) in [4.78, 5) is 10.1. The van der Waals surface area contributed by atoms with E-state index in [1.54, 1.807) is 0 Å². The highest BCUT2D eigenvalue weighted by Gasteiger charge is 2.02. The number of rotatable bonds is 4. The number of carbonyl (C=O) groups excluding carboxylic acids is 1. The Morgan fingerprint density at radius 2 is 2.40 bits per heavy atom. The van der Waals surface area contributed by atoms with Gasteiger partial charge < -0.3 is 4.55 Å². The van der Waals surface area contributed by atoms with E-state index in [9.17, 15) is 13.6 Å². The average molecular weight is 187 g/mol. The van der Waals surface area contributed by atoms with E-state index < -0.39 is 16.6 Å². The van der Waals surface area contributed by atoms with E-state index in [1.165, 1.54) is 7.05 Å². The van der Waals surface area contributed by atoms with Crippen LogP contribution in [0.25, 0.3) is 0 Å². The van der Waals surface area contributed by atoms with Crippen molar-refractivity contribution in [1.82, 2.24) is 5.06 Å². The van der Waals surface area contributed by atoms with Crippen LogP contribution in [0.15, 0.2) is 0 Å². The van der Waals surface area contributed by atoms with Gasteiger partial charge in [0.15, 0.2) is 0 Å². The zero-order valence-electron chi connectivity index (χ0n) is 5.07. The van der Waals surface area contributed by atoms with Gasteiger partial charge in [0.05, 0.1) is 6.54 Å². The lowest BCUT2D eigenvalue weighted by Gasteiger charge is -2.13. The Labute approximate surface area is 65.3 Å². The number of likely N-dealkylation sites (N-methyl/N-ethyl adjacent to an activating group) is 1. The molecule has 0 saturated heterocycles. The van der Waals surface area contributed by atoms with Crippen molar-refractivity contribution in [2.75, 3.05) is 13.6 Å². The molecule has 0 rings (SSSR count). The molecule has 0 aromatic carbocycles. The lowest BCUT2D eigenvalue weighted by Crippen LogP contribution is -2.24. The minimum Gasteiger partial charge on any atom is -0.748 e. The van der Waals surface area contributed by atoms with Crippen molar-refractivity contribution < 1.29 is 17.8 Å². The first-order valence-electron chi connectivity index (χ1n) is 2.19. The molecule has 1 unspecified atom stereocenters. The van der Waals surface area contributed by atoms with Gasteiger partial charge in [-0.05, 0) is 11.6 Å². The van der Waals surface area contributed by atoms with Crippen molar-refractivity contribution in [3.05, 3.63) is 0 Å². The Hall–Kier alpha value is -0.0100. The van der Waals surface area contributed by atoms with E-state index in [0.717, 1.165) is 5.06 Å². The largest absolute Gasteiger partial charge is 0.748 e. The standard InChI is InChI=1S/C3H6ClNO4S/c1-5(2-3(4)6)9-10(7)8/h2H2,1H3,(H,7,8)/p-1. The van der Waals surface area contributed by atoms with E-state index in [-0.39, 0.29) is 6.54 Å². The molecule has 60 valence electrons. The highest BCUT2D eigenvalue weighted by molar-refractivity contribution is 7.74. The zero-order valence-corrected chi connectivity index (χ0v) is 6.65. The molecule has 5 nitrogen and oxygen atoms in total. The van der Waals surface area contributed by atoms with Gasteiger partial charge in [-0.15, -0.1) is 0 Å². The Morgan fingerprint density at radius 1 is 1.90 bits per heavy atom. The molecule has 7 heteroatoms. The molecule has 0 heterocycles. The first-order chi connectivity index (χ1) is 4.52. The first-order valence-corrected chi connectivity index (χ1v) is 3.57. The Balaban J connectivity index is 3.53. The number of hydroxylamine groups is 2. The lowest BCUT2D eigenvalue weighted by atomic mass is 10.7. The molecule has 0 N–H and O–H groups in total. The van der Waals surface area contributed by atoms with Crippen molar-refractivity contribution >= 4 is 28.2 Å². The molecule has 0 spiro atoms. The molecule has 0 bridgehead atoms. The fourth-order valence-electron chi connectivity index (χ4n) is 0.305. The molecule has 0 aliphatic carbocycles. The first kappa shape index (κ1) is 9.99. The van der Waals surface area contributed by atoms with E-state index >= 15 is 0 Å². The van der Waals surface area contributed by atoms with Crippen LogP contribution in [0, 0.1) is 0 Å². The third-order valence-electron chi connectivity index (χ3n) is 0.535. The van der Waals surface area contributed by atoms with Crippen molar-refractivity contribution in [2.45, 2.75) is 0 Å². The SMILES string of the molecule is CN(CC(=O)Cl)OS(=O)[O-]. The van der Waals surface area contributed by atoms with Crippen LogP contribution in [-0.4, -0.2) is 32.7 Å². The highest BCUT2D eigenvalue weighted by Crippen LogP contribution is 1.90. The van der Waals surface area contributed by atoms with Crippen molar-refractivity contribution in [3.63, 3.8) is 0 Å². The molecule has 1 atom stereocenters. The molecule has 0 radical (unpaired) electrons. The van der Waals surface area contributed by atoms with Crippen LogP contribution in [0.3, 0.4) is 0 Å². The second kappa shape index (κ2) is 4.75. The third-order valence-corrected chi connectivity index (χ3v) is 1.03. The van der Waals surface area contributed by atoms with Gasteiger partial charge in [-0.2, -0.15) is 5.06 Å². The van der Waals surface area contributed by atoms with E-state index in [0.29, 0.717) is 0 Å². The summed E-state index contributed by atoms with van der Waals surface area (Å²) < 4.78 is 23.6. The Kier molecular flexibility index (Phi) is 4.75. The van der Waals surface area contributed by atoms with Gasteiger partial charge in [-0.3, -0.25) is 4.79 Å². The maximum absolute atomic E-state index is 10.1. The zero-order chi connectivity index (χ0) is 8.15. The molecule has 0 aliphatic rings. The summed E-state index contributed by atoms with van der Waals surface area (Å²) in [6.45, 7) is -0.268. The second-order valence-electron chi connectivity index (χ2n) is 1.42. The molecule has 0 aromatic rings. The predicted octanol–water partition coefficient (Wildman–Crippen LogP) is -0.591. The van der Waals surface area contributed by atoms with Crippen LogP contribution in [0.5, 0.6) is 0 Å². The number of hydrogen-bond acceptors (Lipinski definition) is 5. The fourth-order valence-corrected chi connectivity index (χ4v) is 0.734. The van der Waals surface area contributed by atoms with Crippen molar-refractivity contribution in [3.8, 4) is 0 Å². The van der Waals surface area contributed by atoms with Crippen LogP contribution in [0.4, 0.5) is 0 Å². The number of hydrogen-bond donors (Lipinski definition) is 0. The summed E-state index contributed by atoms with van der Waals surface area (Å²) in [6, 6.07) is 0. The third kappa shape index (κ3) is 6.12. The summed E-state index contributed by atoms with van der Waals surface area (Å²) >= 11 is 2.25. The van der Waals surface area contributed by atoms with Gasteiger partial charge in [0.2, 0.25) is 5.24 Å². The Bertz CT molecular complexity index is 135. The van der Waals surface area contributed by atoms with Gasteiger partial charge in [-0.1, -0.05) is 0 Å². The monoisotopic (exact) mass is 186 g/mol. The molecule has 0 aliphatic heterocycles. The van der Waals surface area contributed by atoms with Gasteiger partial charge in [-0.25, -0.2) is 8.49 Å². The molecule has 0 aromatic heterocycles. The Morgan fingerprint density at radius 3 is 2.70 bits per heavy atom. The summed E-state index contributed by atoms with van der Waals surface area (Å²) in [5.74, 6) is 0. The minimum absolute atomic E-state index is 0.268. The van der Waals surface area contributed by atoms with E-state index in [4.69, 9.17) is 11.6 Å². The van der Waals surface area contributed by atoms with Gasteiger partial charge in [0.1, 0.15) is 11.4 Å². The quantitative estimate of drug-likeness (QED) is 0.334. The van der Waals surface area contributed by atoms with Gasteiger partial charge in [0, 0.05) is 7.05 Å². The molecule has 0 saturated carbocycles. The summed E-state index contributed by atoms with van der Waals surface area (Å²) in [7, 11) is 1.27. The van der Waals surface area contributed by atoms with Crippen LogP contribution in [0.2, 0.25) is 0 Å². The number of nitrogens with zero attached hydrogens (tertiary/aromatic N) is 1. The smallest absolute Gasteiger partial charge is 0.238 e. The van der Waals surface area contributed by atoms with E-state index in [2.05, 4.69) is 4.28 Å². The molecular weight excluding hydrogens is 182 g/mol. The highest BCUT2D eigenvalue weighted by atomic mass is 35.5. The predicted molar refractivity (Wildman–Crippen MR) is 33.5 cm³/mol. The summed E-state index contributed by atoms with van der Waals surface area (Å²) in [5, 5.41) is 0.117. The van der Waals surface area contributed by atoms with Gasteiger partial charge in [0.25, 0.3) is 0 Å². The number of carbonyl (C=O) groups is 1. The summed E-state index contributed by atoms with van der Waals surface area (Å²) in [6.07, 6.45) is 0. The number of halogens is 1. The second-order valence-corrected chi connectivity index (χ2v) is 2.40. The summed E-state index contributed by atoms with van der Waals surface area (Å²) in [5.41, 5.74) is 0. The van der Waals surface area contributed by atoms with Crippen molar-refractivity contribution in [1.29, 1.82) is 0 Å².